The summed E-state index contributed by atoms with van der Waals surface area (Å²) in [6.07, 6.45) is 0. The summed E-state index contributed by atoms with van der Waals surface area (Å²) in [5.74, 6) is 0. The first-order valence-electron chi connectivity index (χ1n) is 8.20. The van der Waals surface area contributed by atoms with Crippen LogP contribution in [0.25, 0.3) is 15.9 Å². The summed E-state index contributed by atoms with van der Waals surface area (Å²) in [5, 5.41) is 1.57. The minimum absolute atomic E-state index is 0.316. The van der Waals surface area contributed by atoms with Gasteiger partial charge in [-0.3, -0.25) is 9.36 Å². The van der Waals surface area contributed by atoms with Crippen LogP contribution in [0.3, 0.4) is 0 Å². The molecule has 136 valence electrons. The monoisotopic (exact) mass is 416 g/mol. The molecule has 2 aromatic carbocycles. The van der Waals surface area contributed by atoms with Crippen molar-refractivity contribution in [2.24, 2.45) is 0 Å². The fourth-order valence-corrected chi connectivity index (χ4v) is 4.46. The molecule has 2 heterocycles. The Bertz CT molecular complexity index is 1290. The maximum Gasteiger partial charge on any atom is 0.337 e. The quantitative estimate of drug-likeness (QED) is 0.477. The van der Waals surface area contributed by atoms with Crippen LogP contribution in [0.1, 0.15) is 10.4 Å². The van der Waals surface area contributed by atoms with E-state index in [4.69, 9.17) is 23.2 Å². The standard InChI is InChI=1S/C20H14Cl2N2O2S/c1-12-8-17-18(25)24(16-7-3-6-15(22)10-16)20(26)23(19(17)27-12)11-13-4-2-5-14(21)9-13/h2-10H,11H2,1H3. The number of aryl methyl sites for hydroxylation is 1. The Kier molecular flexibility index (Phi) is 4.68. The molecule has 0 fully saturated rings. The van der Waals surface area contributed by atoms with E-state index >= 15 is 0 Å². The molecule has 7 heteroatoms. The molecule has 0 amide bonds. The fraction of sp³-hybridized carbons (Fsp3) is 0.100. The third kappa shape index (κ3) is 3.34. The SMILES string of the molecule is Cc1cc2c(=O)n(-c3cccc(Cl)c3)c(=O)n(Cc3cccc(Cl)c3)c2s1. The van der Waals surface area contributed by atoms with E-state index in [1.165, 1.54) is 15.9 Å². The van der Waals surface area contributed by atoms with E-state index in [9.17, 15) is 9.59 Å². The Morgan fingerprint density at radius 1 is 0.963 bits per heavy atom. The Morgan fingerprint density at radius 2 is 1.67 bits per heavy atom. The van der Waals surface area contributed by atoms with Crippen molar-refractivity contribution in [2.75, 3.05) is 0 Å². The van der Waals surface area contributed by atoms with E-state index in [2.05, 4.69) is 0 Å². The highest BCUT2D eigenvalue weighted by molar-refractivity contribution is 7.18. The minimum Gasteiger partial charge on any atom is -0.280 e. The lowest BCUT2D eigenvalue weighted by Crippen LogP contribution is -2.38. The average Bonchev–Trinajstić information content (AvgIpc) is 3.01. The second-order valence-electron chi connectivity index (χ2n) is 6.19. The lowest BCUT2D eigenvalue weighted by atomic mass is 10.2. The summed E-state index contributed by atoms with van der Waals surface area (Å²) in [6, 6.07) is 15.9. The Labute approximate surface area is 168 Å². The van der Waals surface area contributed by atoms with Gasteiger partial charge < -0.3 is 0 Å². The van der Waals surface area contributed by atoms with Crippen LogP contribution in [0.2, 0.25) is 10.0 Å². The van der Waals surface area contributed by atoms with E-state index < -0.39 is 5.69 Å². The molecule has 0 unspecified atom stereocenters. The van der Waals surface area contributed by atoms with Gasteiger partial charge in [-0.2, -0.15) is 0 Å². The van der Waals surface area contributed by atoms with Crippen LogP contribution in [0.5, 0.6) is 0 Å². The highest BCUT2D eigenvalue weighted by Gasteiger charge is 2.17. The number of rotatable bonds is 3. The van der Waals surface area contributed by atoms with Gasteiger partial charge in [0.25, 0.3) is 5.56 Å². The molecule has 0 saturated heterocycles. The molecule has 2 aromatic heterocycles. The highest BCUT2D eigenvalue weighted by Crippen LogP contribution is 2.23. The number of hydrogen-bond donors (Lipinski definition) is 0. The van der Waals surface area contributed by atoms with Gasteiger partial charge in [0.15, 0.2) is 0 Å². The molecule has 0 saturated carbocycles. The lowest BCUT2D eigenvalue weighted by molar-refractivity contribution is 0.719. The first-order valence-corrected chi connectivity index (χ1v) is 9.77. The lowest BCUT2D eigenvalue weighted by Gasteiger charge is -2.12. The number of aromatic nitrogens is 2. The van der Waals surface area contributed by atoms with Crippen molar-refractivity contribution in [1.29, 1.82) is 0 Å². The van der Waals surface area contributed by atoms with Crippen molar-refractivity contribution in [2.45, 2.75) is 13.5 Å². The van der Waals surface area contributed by atoms with Gasteiger partial charge in [0, 0.05) is 14.9 Å². The van der Waals surface area contributed by atoms with E-state index in [1.807, 2.05) is 31.2 Å². The van der Waals surface area contributed by atoms with Crippen LogP contribution in [0, 0.1) is 6.92 Å². The molecule has 0 spiro atoms. The number of hydrogen-bond acceptors (Lipinski definition) is 3. The number of fused-ring (bicyclic) bond motifs is 1. The molecule has 0 aliphatic carbocycles. The van der Waals surface area contributed by atoms with Crippen molar-refractivity contribution in [3.05, 3.63) is 95.9 Å². The first kappa shape index (κ1) is 18.0. The zero-order valence-electron chi connectivity index (χ0n) is 14.3. The summed E-state index contributed by atoms with van der Waals surface area (Å²) >= 11 is 13.6. The topological polar surface area (TPSA) is 44.0 Å². The second-order valence-corrected chi connectivity index (χ2v) is 8.30. The molecule has 4 rings (SSSR count). The van der Waals surface area contributed by atoms with Gasteiger partial charge in [0.1, 0.15) is 4.83 Å². The molecular formula is C20H14Cl2N2O2S. The maximum atomic E-state index is 13.3. The zero-order chi connectivity index (χ0) is 19.1. The van der Waals surface area contributed by atoms with Gasteiger partial charge >= 0.3 is 5.69 Å². The minimum atomic E-state index is -0.406. The van der Waals surface area contributed by atoms with Gasteiger partial charge in [0.2, 0.25) is 0 Å². The summed E-state index contributed by atoms with van der Waals surface area (Å²) in [4.78, 5) is 27.9. The predicted molar refractivity (Wildman–Crippen MR) is 112 cm³/mol. The molecule has 27 heavy (non-hydrogen) atoms. The third-order valence-electron chi connectivity index (χ3n) is 4.23. The average molecular weight is 417 g/mol. The molecule has 0 aliphatic heterocycles. The number of halogens is 2. The Morgan fingerprint density at radius 3 is 2.37 bits per heavy atom. The van der Waals surface area contributed by atoms with Gasteiger partial charge in [0.05, 0.1) is 17.6 Å². The van der Waals surface area contributed by atoms with E-state index in [0.717, 1.165) is 10.4 Å². The molecular weight excluding hydrogens is 403 g/mol. The van der Waals surface area contributed by atoms with E-state index in [1.54, 1.807) is 34.9 Å². The van der Waals surface area contributed by atoms with Crippen molar-refractivity contribution in [3.63, 3.8) is 0 Å². The molecule has 4 aromatic rings. The summed E-state index contributed by atoms with van der Waals surface area (Å²) in [5.41, 5.74) is 0.580. The van der Waals surface area contributed by atoms with Crippen molar-refractivity contribution < 1.29 is 0 Å². The van der Waals surface area contributed by atoms with Crippen molar-refractivity contribution in [1.82, 2.24) is 9.13 Å². The largest absolute Gasteiger partial charge is 0.337 e. The third-order valence-corrected chi connectivity index (χ3v) is 5.78. The van der Waals surface area contributed by atoms with Gasteiger partial charge in [-0.05, 0) is 48.9 Å². The molecule has 0 radical (unpaired) electrons. The number of nitrogens with zero attached hydrogens (tertiary/aromatic N) is 2. The Hall–Kier alpha value is -2.34. The van der Waals surface area contributed by atoms with Crippen LogP contribution in [-0.2, 0) is 6.54 Å². The smallest absolute Gasteiger partial charge is 0.280 e. The summed E-state index contributed by atoms with van der Waals surface area (Å²) in [7, 11) is 0. The molecule has 0 N–H and O–H groups in total. The fourth-order valence-electron chi connectivity index (χ4n) is 3.07. The normalized spacial score (nSPS) is 11.2. The van der Waals surface area contributed by atoms with Crippen LogP contribution < -0.4 is 11.2 Å². The van der Waals surface area contributed by atoms with Crippen LogP contribution in [-0.4, -0.2) is 9.13 Å². The van der Waals surface area contributed by atoms with Crippen LogP contribution in [0.4, 0.5) is 0 Å². The molecule has 0 aliphatic rings. The zero-order valence-corrected chi connectivity index (χ0v) is 16.6. The van der Waals surface area contributed by atoms with Gasteiger partial charge in [-0.15, -0.1) is 11.3 Å². The van der Waals surface area contributed by atoms with Gasteiger partial charge in [-0.1, -0.05) is 41.4 Å². The van der Waals surface area contributed by atoms with E-state index in [-0.39, 0.29) is 5.56 Å². The number of thiophene rings is 1. The molecule has 4 nitrogen and oxygen atoms in total. The van der Waals surface area contributed by atoms with Gasteiger partial charge in [-0.25, -0.2) is 9.36 Å². The maximum absolute atomic E-state index is 13.3. The first-order chi connectivity index (χ1) is 12.9. The Balaban J connectivity index is 2.03. The van der Waals surface area contributed by atoms with Crippen molar-refractivity contribution in [3.8, 4) is 5.69 Å². The van der Waals surface area contributed by atoms with Crippen LogP contribution >= 0.6 is 34.5 Å². The second kappa shape index (κ2) is 7.00. The molecule has 0 bridgehead atoms. The molecule has 0 atom stereocenters. The van der Waals surface area contributed by atoms with Crippen LogP contribution in [0.15, 0.2) is 64.2 Å². The number of benzene rings is 2. The summed E-state index contributed by atoms with van der Waals surface area (Å²) < 4.78 is 2.78. The summed E-state index contributed by atoms with van der Waals surface area (Å²) in [6.45, 7) is 2.23. The van der Waals surface area contributed by atoms with E-state index in [0.29, 0.717) is 32.5 Å². The predicted octanol–water partition coefficient (Wildman–Crippen LogP) is 4.88. The highest BCUT2D eigenvalue weighted by atomic mass is 35.5. The van der Waals surface area contributed by atoms with Crippen molar-refractivity contribution >= 4 is 44.8 Å².